The monoisotopic (exact) mass is 518 g/mol. The van der Waals surface area contributed by atoms with Gasteiger partial charge in [-0.1, -0.05) is 0 Å². The zero-order valence-electron chi connectivity index (χ0n) is 19.7. The minimum absolute atomic E-state index is 0.00447. The summed E-state index contributed by atoms with van der Waals surface area (Å²) in [7, 11) is 0. The molecule has 2 amide bonds. The molecule has 0 aromatic carbocycles. The van der Waals surface area contributed by atoms with Gasteiger partial charge in [-0.05, 0) is 56.1 Å². The summed E-state index contributed by atoms with van der Waals surface area (Å²) < 4.78 is 50.9. The van der Waals surface area contributed by atoms with Gasteiger partial charge in [0.15, 0.2) is 6.61 Å². The third kappa shape index (κ3) is 4.69. The number of nitrogens with one attached hydrogen (secondary N) is 1. The van der Waals surface area contributed by atoms with E-state index in [0.717, 1.165) is 38.5 Å². The van der Waals surface area contributed by atoms with Gasteiger partial charge in [0.05, 0.1) is 29.5 Å². The quantitative estimate of drug-likeness (QED) is 0.472. The van der Waals surface area contributed by atoms with Crippen LogP contribution in [0.15, 0.2) is 30.7 Å². The Morgan fingerprint density at radius 1 is 1.14 bits per heavy atom. The molecule has 3 aliphatic carbocycles. The standard InChI is InChI=1S/C24H25F3N6O4/c25-24(26,27)12-36-15-3-4-19-17(9-29-33(19)10-15)21(35)30-13-5-23(6-13)7-16(8-23)37-22-18(20(28)34)11-32(31-22)14-1-2-14/h3-4,9-11,13-14,16H,1-2,5-8,12H2,(H2,28,34)(H,30,35). The number of amides is 2. The molecular weight excluding hydrogens is 493 g/mol. The molecule has 10 nitrogen and oxygen atoms in total. The Hall–Kier alpha value is -3.77. The summed E-state index contributed by atoms with van der Waals surface area (Å²) in [5.74, 6) is -0.545. The Balaban J connectivity index is 1.01. The number of aromatic nitrogens is 4. The molecule has 0 aliphatic heterocycles. The van der Waals surface area contributed by atoms with E-state index >= 15 is 0 Å². The van der Waals surface area contributed by atoms with E-state index in [0.29, 0.717) is 28.6 Å². The number of nitrogens with zero attached hydrogens (tertiary/aromatic N) is 4. The molecule has 3 fully saturated rings. The summed E-state index contributed by atoms with van der Waals surface area (Å²) in [6.07, 6.45) is 5.18. The molecule has 196 valence electrons. The van der Waals surface area contributed by atoms with Crippen molar-refractivity contribution >= 4 is 17.3 Å². The van der Waals surface area contributed by atoms with Crippen LogP contribution in [0.4, 0.5) is 13.2 Å². The maximum atomic E-state index is 12.8. The van der Waals surface area contributed by atoms with Gasteiger partial charge < -0.3 is 20.5 Å². The second kappa shape index (κ2) is 8.38. The van der Waals surface area contributed by atoms with Crippen LogP contribution in [0, 0.1) is 5.41 Å². The minimum Gasteiger partial charge on any atom is -0.483 e. The number of alkyl halides is 3. The van der Waals surface area contributed by atoms with E-state index in [4.69, 9.17) is 15.2 Å². The lowest BCUT2D eigenvalue weighted by atomic mass is 9.53. The highest BCUT2D eigenvalue weighted by Gasteiger charge is 2.54. The number of primary amides is 1. The predicted octanol–water partition coefficient (Wildman–Crippen LogP) is 3.03. The number of rotatable bonds is 8. The lowest BCUT2D eigenvalue weighted by Crippen LogP contribution is -2.58. The van der Waals surface area contributed by atoms with E-state index < -0.39 is 18.7 Å². The van der Waals surface area contributed by atoms with Gasteiger partial charge in [-0.2, -0.15) is 18.3 Å². The molecule has 0 bridgehead atoms. The first-order valence-corrected chi connectivity index (χ1v) is 12.1. The zero-order valence-corrected chi connectivity index (χ0v) is 19.7. The normalized spacial score (nSPS) is 24.9. The van der Waals surface area contributed by atoms with Crippen LogP contribution < -0.4 is 20.5 Å². The number of ether oxygens (including phenoxy) is 2. The van der Waals surface area contributed by atoms with Crippen LogP contribution in [0.5, 0.6) is 11.6 Å². The molecule has 0 saturated heterocycles. The van der Waals surface area contributed by atoms with Gasteiger partial charge in [0.2, 0.25) is 5.88 Å². The summed E-state index contributed by atoms with van der Waals surface area (Å²) in [5.41, 5.74) is 6.69. The Kier molecular flexibility index (Phi) is 5.35. The number of carbonyl (C=O) groups excluding carboxylic acids is 2. The molecular formula is C24H25F3N6O4. The summed E-state index contributed by atoms with van der Waals surface area (Å²) in [6, 6.07) is 3.21. The van der Waals surface area contributed by atoms with E-state index in [1.807, 2.05) is 0 Å². The van der Waals surface area contributed by atoms with Crippen LogP contribution >= 0.6 is 0 Å². The van der Waals surface area contributed by atoms with Gasteiger partial charge >= 0.3 is 6.18 Å². The fraction of sp³-hybridized carbons (Fsp3) is 0.500. The molecule has 0 atom stereocenters. The molecule has 0 radical (unpaired) electrons. The van der Waals surface area contributed by atoms with Crippen LogP contribution in [0.1, 0.15) is 65.3 Å². The lowest BCUT2D eigenvalue weighted by Gasteiger charge is -2.57. The molecule has 3 heterocycles. The predicted molar refractivity (Wildman–Crippen MR) is 122 cm³/mol. The largest absolute Gasteiger partial charge is 0.483 e. The maximum absolute atomic E-state index is 12.8. The van der Waals surface area contributed by atoms with Crippen molar-refractivity contribution in [1.29, 1.82) is 0 Å². The number of hydrogen-bond acceptors (Lipinski definition) is 6. The Labute approximate surface area is 208 Å². The number of nitrogens with two attached hydrogens (primary N) is 1. The van der Waals surface area contributed by atoms with Gasteiger partial charge in [0.25, 0.3) is 11.8 Å². The van der Waals surface area contributed by atoms with Crippen LogP contribution in [-0.4, -0.2) is 56.1 Å². The topological polar surface area (TPSA) is 126 Å². The molecule has 3 N–H and O–H groups in total. The summed E-state index contributed by atoms with van der Waals surface area (Å²) in [6.45, 7) is -1.40. The first-order valence-electron chi connectivity index (χ1n) is 12.1. The SMILES string of the molecule is NC(=O)c1cn(C2CC2)nc1OC1CC2(CC(NC(=O)c3cnn4cc(OCC(F)(F)F)ccc34)C2)C1. The Bertz CT molecular complexity index is 1360. The number of carbonyl (C=O) groups is 2. The Morgan fingerprint density at radius 2 is 1.89 bits per heavy atom. The molecule has 37 heavy (non-hydrogen) atoms. The molecule has 3 aromatic rings. The fourth-order valence-corrected chi connectivity index (χ4v) is 5.38. The Morgan fingerprint density at radius 3 is 2.57 bits per heavy atom. The first kappa shape index (κ1) is 23.6. The van der Waals surface area contributed by atoms with Gasteiger partial charge in [0, 0.05) is 12.2 Å². The second-order valence-corrected chi connectivity index (χ2v) is 10.3. The van der Waals surface area contributed by atoms with Gasteiger partial charge in [-0.25, -0.2) is 4.52 Å². The van der Waals surface area contributed by atoms with E-state index in [1.165, 1.54) is 29.0 Å². The van der Waals surface area contributed by atoms with Crippen LogP contribution in [-0.2, 0) is 0 Å². The molecule has 1 spiro atoms. The zero-order chi connectivity index (χ0) is 25.9. The fourth-order valence-electron chi connectivity index (χ4n) is 5.38. The summed E-state index contributed by atoms with van der Waals surface area (Å²) in [4.78, 5) is 24.6. The van der Waals surface area contributed by atoms with E-state index in [1.54, 1.807) is 10.9 Å². The van der Waals surface area contributed by atoms with Gasteiger partial charge in [-0.3, -0.25) is 14.3 Å². The highest BCUT2D eigenvalue weighted by Crippen LogP contribution is 2.57. The third-order valence-corrected chi connectivity index (χ3v) is 7.31. The highest BCUT2D eigenvalue weighted by molar-refractivity contribution is 6.00. The molecule has 13 heteroatoms. The van der Waals surface area contributed by atoms with Crippen molar-refractivity contribution in [2.24, 2.45) is 11.1 Å². The smallest absolute Gasteiger partial charge is 0.422 e. The van der Waals surface area contributed by atoms with Crippen molar-refractivity contribution in [2.75, 3.05) is 6.61 Å². The molecule has 0 unspecified atom stereocenters. The average Bonchev–Trinajstić information content (AvgIpc) is 3.40. The summed E-state index contributed by atoms with van der Waals surface area (Å²) in [5, 5.41) is 11.5. The third-order valence-electron chi connectivity index (χ3n) is 7.31. The highest BCUT2D eigenvalue weighted by atomic mass is 19.4. The number of hydrogen-bond donors (Lipinski definition) is 2. The van der Waals surface area contributed by atoms with Crippen LogP contribution in [0.25, 0.3) is 5.52 Å². The van der Waals surface area contributed by atoms with Gasteiger partial charge in [-0.15, -0.1) is 5.10 Å². The van der Waals surface area contributed by atoms with Gasteiger partial charge in [0.1, 0.15) is 17.4 Å². The van der Waals surface area contributed by atoms with Crippen molar-refractivity contribution in [2.45, 2.75) is 62.9 Å². The number of fused-ring (bicyclic) bond motifs is 1. The average molecular weight is 518 g/mol. The van der Waals surface area contributed by atoms with Crippen molar-refractivity contribution < 1.29 is 32.2 Å². The van der Waals surface area contributed by atoms with E-state index in [2.05, 4.69) is 15.5 Å². The minimum atomic E-state index is -4.44. The molecule has 6 rings (SSSR count). The molecule has 3 aliphatic rings. The van der Waals surface area contributed by atoms with E-state index in [-0.39, 0.29) is 29.2 Å². The molecule has 3 saturated carbocycles. The van der Waals surface area contributed by atoms with Crippen LogP contribution in [0.3, 0.4) is 0 Å². The summed E-state index contributed by atoms with van der Waals surface area (Å²) >= 11 is 0. The number of pyridine rings is 1. The molecule has 3 aromatic heterocycles. The lowest BCUT2D eigenvalue weighted by molar-refractivity contribution is -0.153. The van der Waals surface area contributed by atoms with Crippen molar-refractivity contribution in [3.63, 3.8) is 0 Å². The number of halogens is 3. The van der Waals surface area contributed by atoms with Crippen molar-refractivity contribution in [3.8, 4) is 11.6 Å². The maximum Gasteiger partial charge on any atom is 0.422 e. The van der Waals surface area contributed by atoms with E-state index in [9.17, 15) is 22.8 Å². The van der Waals surface area contributed by atoms with Crippen molar-refractivity contribution in [1.82, 2.24) is 24.7 Å². The first-order chi connectivity index (χ1) is 17.6. The van der Waals surface area contributed by atoms with Crippen molar-refractivity contribution in [3.05, 3.63) is 41.9 Å². The van der Waals surface area contributed by atoms with Crippen LogP contribution in [0.2, 0.25) is 0 Å². The second-order valence-electron chi connectivity index (χ2n) is 10.3.